The zero-order valence-electron chi connectivity index (χ0n) is 10.9. The summed E-state index contributed by atoms with van der Waals surface area (Å²) in [5.74, 6) is -0.237. The second kappa shape index (κ2) is 5.70. The Morgan fingerprint density at radius 2 is 2.30 bits per heavy atom. The van der Waals surface area contributed by atoms with Crippen molar-refractivity contribution in [3.63, 3.8) is 0 Å². The van der Waals surface area contributed by atoms with E-state index in [9.17, 15) is 14.9 Å². The quantitative estimate of drug-likeness (QED) is 0.562. The first-order valence-electron chi connectivity index (χ1n) is 6.16. The van der Waals surface area contributed by atoms with E-state index in [0.717, 1.165) is 5.52 Å². The summed E-state index contributed by atoms with van der Waals surface area (Å²) >= 11 is 0. The van der Waals surface area contributed by atoms with Crippen LogP contribution in [0, 0.1) is 10.1 Å². The number of amides is 1. The van der Waals surface area contributed by atoms with Gasteiger partial charge in [0.05, 0.1) is 18.0 Å². The van der Waals surface area contributed by atoms with Crippen LogP contribution in [0.4, 0.5) is 5.69 Å². The van der Waals surface area contributed by atoms with Crippen molar-refractivity contribution in [2.45, 2.75) is 19.4 Å². The van der Waals surface area contributed by atoms with Gasteiger partial charge in [-0.3, -0.25) is 14.9 Å². The van der Waals surface area contributed by atoms with E-state index < -0.39 is 4.92 Å². The predicted octanol–water partition coefficient (Wildman–Crippen LogP) is 1.12. The van der Waals surface area contributed by atoms with Crippen LogP contribution in [0.1, 0.15) is 12.5 Å². The van der Waals surface area contributed by atoms with Gasteiger partial charge in [0.15, 0.2) is 0 Å². The molecule has 0 spiro atoms. The minimum atomic E-state index is -0.468. The molecule has 2 rings (SSSR count). The SMILES string of the molecule is CC(CO)NC(=O)Cc1c[nH]c2ccc([N+](=O)[O-])cc12. The third kappa shape index (κ3) is 2.94. The normalized spacial score (nSPS) is 12.3. The molecule has 7 nitrogen and oxygen atoms in total. The topological polar surface area (TPSA) is 108 Å². The molecule has 7 heteroatoms. The summed E-state index contributed by atoms with van der Waals surface area (Å²) in [4.78, 5) is 25.1. The molecule has 20 heavy (non-hydrogen) atoms. The highest BCUT2D eigenvalue weighted by atomic mass is 16.6. The van der Waals surface area contributed by atoms with Gasteiger partial charge >= 0.3 is 0 Å². The molecule has 0 radical (unpaired) electrons. The molecular weight excluding hydrogens is 262 g/mol. The maximum absolute atomic E-state index is 11.8. The molecule has 2 aromatic rings. The van der Waals surface area contributed by atoms with E-state index in [-0.39, 0.29) is 30.7 Å². The summed E-state index contributed by atoms with van der Waals surface area (Å²) in [6.45, 7) is 1.56. The van der Waals surface area contributed by atoms with Crippen LogP contribution in [-0.2, 0) is 11.2 Å². The average Bonchev–Trinajstić information content (AvgIpc) is 2.80. The fraction of sp³-hybridized carbons (Fsp3) is 0.308. The fourth-order valence-corrected chi connectivity index (χ4v) is 1.97. The maximum Gasteiger partial charge on any atom is 0.270 e. The first-order valence-corrected chi connectivity index (χ1v) is 6.16. The molecule has 1 atom stereocenters. The van der Waals surface area contributed by atoms with E-state index in [1.165, 1.54) is 12.1 Å². The number of rotatable bonds is 5. The van der Waals surface area contributed by atoms with Crippen LogP contribution in [0.5, 0.6) is 0 Å². The lowest BCUT2D eigenvalue weighted by molar-refractivity contribution is -0.384. The molecule has 3 N–H and O–H groups in total. The second-order valence-corrected chi connectivity index (χ2v) is 4.63. The number of non-ortho nitro benzene ring substituents is 1. The Balaban J connectivity index is 2.24. The smallest absolute Gasteiger partial charge is 0.270 e. The molecule has 1 aromatic heterocycles. The number of aliphatic hydroxyl groups is 1. The number of nitro groups is 1. The molecule has 0 aliphatic carbocycles. The summed E-state index contributed by atoms with van der Waals surface area (Å²) in [6, 6.07) is 4.16. The lowest BCUT2D eigenvalue weighted by Gasteiger charge is -2.10. The van der Waals surface area contributed by atoms with Gasteiger partial charge in [-0.25, -0.2) is 0 Å². The number of fused-ring (bicyclic) bond motifs is 1. The van der Waals surface area contributed by atoms with Gasteiger partial charge < -0.3 is 15.4 Å². The monoisotopic (exact) mass is 277 g/mol. The number of nitrogens with one attached hydrogen (secondary N) is 2. The third-order valence-electron chi connectivity index (χ3n) is 2.99. The molecule has 106 valence electrons. The first-order chi connectivity index (χ1) is 9.51. The zero-order chi connectivity index (χ0) is 14.7. The van der Waals surface area contributed by atoms with E-state index in [4.69, 9.17) is 5.11 Å². The van der Waals surface area contributed by atoms with Crippen molar-refractivity contribution < 1.29 is 14.8 Å². The highest BCUT2D eigenvalue weighted by Crippen LogP contribution is 2.23. The van der Waals surface area contributed by atoms with Gasteiger partial charge in [0.1, 0.15) is 0 Å². The Morgan fingerprint density at radius 3 is 2.95 bits per heavy atom. The minimum absolute atomic E-state index is 0.0116. The predicted molar refractivity (Wildman–Crippen MR) is 73.3 cm³/mol. The molecule has 0 aliphatic rings. The van der Waals surface area contributed by atoms with E-state index in [1.807, 2.05) is 0 Å². The van der Waals surface area contributed by atoms with Crippen LogP contribution in [0.3, 0.4) is 0 Å². The van der Waals surface area contributed by atoms with Crippen LogP contribution in [0.15, 0.2) is 24.4 Å². The summed E-state index contributed by atoms with van der Waals surface area (Å²) < 4.78 is 0. The van der Waals surface area contributed by atoms with Crippen LogP contribution < -0.4 is 5.32 Å². The van der Waals surface area contributed by atoms with Gasteiger partial charge in [-0.1, -0.05) is 0 Å². The minimum Gasteiger partial charge on any atom is -0.394 e. The first kappa shape index (κ1) is 14.0. The molecule has 1 aromatic carbocycles. The highest BCUT2D eigenvalue weighted by Gasteiger charge is 2.13. The number of aromatic nitrogens is 1. The van der Waals surface area contributed by atoms with Gasteiger partial charge in [-0.15, -0.1) is 0 Å². The molecule has 0 saturated heterocycles. The number of H-pyrrole nitrogens is 1. The van der Waals surface area contributed by atoms with E-state index in [2.05, 4.69) is 10.3 Å². The van der Waals surface area contributed by atoms with Crippen molar-refractivity contribution in [3.05, 3.63) is 40.1 Å². The lowest BCUT2D eigenvalue weighted by Crippen LogP contribution is -2.35. The van der Waals surface area contributed by atoms with Crippen LogP contribution in [0.2, 0.25) is 0 Å². The number of hydrogen-bond donors (Lipinski definition) is 3. The second-order valence-electron chi connectivity index (χ2n) is 4.63. The van der Waals surface area contributed by atoms with Crippen molar-refractivity contribution in [3.8, 4) is 0 Å². The Hall–Kier alpha value is -2.41. The van der Waals surface area contributed by atoms with Gasteiger partial charge in [-0.05, 0) is 18.6 Å². The van der Waals surface area contributed by atoms with Gasteiger partial charge in [0.25, 0.3) is 5.69 Å². The standard InChI is InChI=1S/C13H15N3O4/c1-8(7-17)15-13(18)4-9-6-14-12-3-2-10(16(19)20)5-11(9)12/h2-3,5-6,8,14,17H,4,7H2,1H3,(H,15,18). The van der Waals surface area contributed by atoms with Gasteiger partial charge in [0.2, 0.25) is 5.91 Å². The molecule has 1 unspecified atom stereocenters. The zero-order valence-corrected chi connectivity index (χ0v) is 10.9. The number of aromatic amines is 1. The molecule has 0 saturated carbocycles. The largest absolute Gasteiger partial charge is 0.394 e. The molecule has 0 aliphatic heterocycles. The average molecular weight is 277 g/mol. The number of nitrogens with zero attached hydrogens (tertiary/aromatic N) is 1. The Kier molecular flexibility index (Phi) is 3.99. The van der Waals surface area contributed by atoms with E-state index >= 15 is 0 Å². The van der Waals surface area contributed by atoms with Gasteiger partial charge in [0, 0.05) is 35.3 Å². The number of carbonyl (C=O) groups excluding carboxylic acids is 1. The van der Waals surface area contributed by atoms with Crippen molar-refractivity contribution in [2.24, 2.45) is 0 Å². The van der Waals surface area contributed by atoms with E-state index in [1.54, 1.807) is 19.2 Å². The number of aliphatic hydroxyl groups excluding tert-OH is 1. The fourth-order valence-electron chi connectivity index (χ4n) is 1.97. The Labute approximate surface area is 114 Å². The summed E-state index contributed by atoms with van der Waals surface area (Å²) in [5, 5.41) is 22.9. The Morgan fingerprint density at radius 1 is 1.55 bits per heavy atom. The molecule has 1 amide bonds. The Bertz CT molecular complexity index is 650. The van der Waals surface area contributed by atoms with Crippen LogP contribution in [-0.4, -0.2) is 33.6 Å². The molecule has 0 bridgehead atoms. The lowest BCUT2D eigenvalue weighted by atomic mass is 10.1. The maximum atomic E-state index is 11.8. The van der Waals surface area contributed by atoms with Crippen molar-refractivity contribution >= 4 is 22.5 Å². The van der Waals surface area contributed by atoms with Crippen molar-refractivity contribution in [1.29, 1.82) is 0 Å². The number of benzene rings is 1. The van der Waals surface area contributed by atoms with Gasteiger partial charge in [-0.2, -0.15) is 0 Å². The number of nitro benzene ring substituents is 1. The summed E-state index contributed by atoms with van der Waals surface area (Å²) in [5.41, 5.74) is 1.42. The summed E-state index contributed by atoms with van der Waals surface area (Å²) in [7, 11) is 0. The molecule has 0 fully saturated rings. The van der Waals surface area contributed by atoms with E-state index in [0.29, 0.717) is 10.9 Å². The highest BCUT2D eigenvalue weighted by molar-refractivity contribution is 5.90. The molecular formula is C13H15N3O4. The number of hydrogen-bond acceptors (Lipinski definition) is 4. The van der Waals surface area contributed by atoms with Crippen LogP contribution >= 0.6 is 0 Å². The molecule has 1 heterocycles. The number of carbonyl (C=O) groups is 1. The van der Waals surface area contributed by atoms with Crippen LogP contribution in [0.25, 0.3) is 10.9 Å². The van der Waals surface area contributed by atoms with Crippen molar-refractivity contribution in [2.75, 3.05) is 6.61 Å². The van der Waals surface area contributed by atoms with Crippen molar-refractivity contribution in [1.82, 2.24) is 10.3 Å². The third-order valence-corrected chi connectivity index (χ3v) is 2.99. The summed E-state index contributed by atoms with van der Waals surface area (Å²) in [6.07, 6.45) is 1.77.